The van der Waals surface area contributed by atoms with Crippen molar-refractivity contribution in [2.45, 2.75) is 0 Å². The summed E-state index contributed by atoms with van der Waals surface area (Å²) in [7, 11) is 0. The highest BCUT2D eigenvalue weighted by atomic mass is 35.5. The van der Waals surface area contributed by atoms with Crippen molar-refractivity contribution in [1.82, 2.24) is 4.98 Å². The van der Waals surface area contributed by atoms with E-state index in [1.54, 1.807) is 24.3 Å². The number of carboxylic acid groups (broad SMARTS) is 1. The van der Waals surface area contributed by atoms with Gasteiger partial charge in [-0.2, -0.15) is 0 Å². The second-order valence-electron chi connectivity index (χ2n) is 4.01. The van der Waals surface area contributed by atoms with Crippen LogP contribution in [-0.4, -0.2) is 16.1 Å². The first-order chi connectivity index (χ1) is 8.65. The van der Waals surface area contributed by atoms with Crippen LogP contribution in [0.5, 0.6) is 0 Å². The molecule has 18 heavy (non-hydrogen) atoms. The fraction of sp³-hybridized carbons (Fsp3) is 0. The standard InChI is InChI=1S/C14H8ClNO2/c15-10-5-4-8-6-9-2-1-3-11(14(17)18)13(9)16-12(8)7-10/h1-7H,(H,17,18). The molecule has 0 fully saturated rings. The summed E-state index contributed by atoms with van der Waals surface area (Å²) in [5.41, 5.74) is 1.39. The van der Waals surface area contributed by atoms with E-state index in [0.29, 0.717) is 16.1 Å². The Morgan fingerprint density at radius 1 is 1.11 bits per heavy atom. The molecule has 3 rings (SSSR count). The van der Waals surface area contributed by atoms with Crippen LogP contribution < -0.4 is 0 Å². The molecule has 88 valence electrons. The maximum absolute atomic E-state index is 11.2. The summed E-state index contributed by atoms with van der Waals surface area (Å²) in [6.07, 6.45) is 0. The van der Waals surface area contributed by atoms with Gasteiger partial charge in [0.15, 0.2) is 0 Å². The van der Waals surface area contributed by atoms with E-state index in [1.807, 2.05) is 18.2 Å². The third kappa shape index (κ3) is 1.69. The number of fused-ring (bicyclic) bond motifs is 2. The van der Waals surface area contributed by atoms with Crippen LogP contribution in [0.15, 0.2) is 42.5 Å². The van der Waals surface area contributed by atoms with Crippen LogP contribution in [0.3, 0.4) is 0 Å². The number of hydrogen-bond donors (Lipinski definition) is 1. The lowest BCUT2D eigenvalue weighted by Gasteiger charge is -2.04. The number of pyridine rings is 1. The molecule has 0 radical (unpaired) electrons. The summed E-state index contributed by atoms with van der Waals surface area (Å²) >= 11 is 5.92. The Labute approximate surface area is 108 Å². The summed E-state index contributed by atoms with van der Waals surface area (Å²) in [5.74, 6) is -0.977. The maximum Gasteiger partial charge on any atom is 0.337 e. The monoisotopic (exact) mass is 257 g/mol. The second kappa shape index (κ2) is 3.96. The van der Waals surface area contributed by atoms with E-state index in [1.165, 1.54) is 0 Å². The number of aromatic nitrogens is 1. The molecule has 0 saturated carbocycles. The van der Waals surface area contributed by atoms with Crippen LogP contribution in [0.1, 0.15) is 10.4 Å². The number of nitrogens with zero attached hydrogens (tertiary/aromatic N) is 1. The average Bonchev–Trinajstić information content (AvgIpc) is 2.35. The zero-order valence-corrected chi connectivity index (χ0v) is 9.98. The molecule has 0 spiro atoms. The van der Waals surface area contributed by atoms with Crippen molar-refractivity contribution in [2.75, 3.05) is 0 Å². The van der Waals surface area contributed by atoms with Crippen LogP contribution in [0.4, 0.5) is 0 Å². The third-order valence-corrected chi connectivity index (χ3v) is 3.07. The molecule has 0 unspecified atom stereocenters. The summed E-state index contributed by atoms with van der Waals surface area (Å²) in [6.45, 7) is 0. The molecule has 1 heterocycles. The highest BCUT2D eigenvalue weighted by Crippen LogP contribution is 2.24. The zero-order valence-electron chi connectivity index (χ0n) is 9.22. The highest BCUT2D eigenvalue weighted by molar-refractivity contribution is 6.31. The number of hydrogen-bond acceptors (Lipinski definition) is 2. The molecule has 0 aliphatic heterocycles. The largest absolute Gasteiger partial charge is 0.478 e. The van der Waals surface area contributed by atoms with Gasteiger partial charge in [-0.3, -0.25) is 0 Å². The summed E-state index contributed by atoms with van der Waals surface area (Å²) < 4.78 is 0. The van der Waals surface area contributed by atoms with Gasteiger partial charge in [0.2, 0.25) is 0 Å². The minimum atomic E-state index is -0.977. The molecule has 1 N–H and O–H groups in total. The first-order valence-corrected chi connectivity index (χ1v) is 5.75. The molecule has 2 aromatic carbocycles. The van der Waals surface area contributed by atoms with E-state index in [4.69, 9.17) is 16.7 Å². The van der Waals surface area contributed by atoms with E-state index in [0.717, 1.165) is 10.8 Å². The van der Waals surface area contributed by atoms with Crippen molar-refractivity contribution in [3.05, 3.63) is 53.1 Å². The Balaban J connectivity index is 2.45. The zero-order chi connectivity index (χ0) is 12.7. The number of carbonyl (C=O) groups is 1. The van der Waals surface area contributed by atoms with Crippen LogP contribution in [0.25, 0.3) is 21.8 Å². The number of rotatable bonds is 1. The molecule has 0 saturated heterocycles. The van der Waals surface area contributed by atoms with Crippen molar-refractivity contribution in [3.8, 4) is 0 Å². The second-order valence-corrected chi connectivity index (χ2v) is 4.44. The number of aromatic carboxylic acids is 1. The molecule has 0 atom stereocenters. The third-order valence-electron chi connectivity index (χ3n) is 2.83. The molecule has 1 aromatic heterocycles. The lowest BCUT2D eigenvalue weighted by Crippen LogP contribution is -1.98. The van der Waals surface area contributed by atoms with Gasteiger partial charge in [0.25, 0.3) is 0 Å². The van der Waals surface area contributed by atoms with Gasteiger partial charge in [-0.1, -0.05) is 29.8 Å². The van der Waals surface area contributed by atoms with E-state index in [2.05, 4.69) is 4.98 Å². The summed E-state index contributed by atoms with van der Waals surface area (Å²) in [6, 6.07) is 12.4. The number of halogens is 1. The molecule has 0 amide bonds. The topological polar surface area (TPSA) is 50.2 Å². The molecule has 3 nitrogen and oxygen atoms in total. The van der Waals surface area contributed by atoms with Crippen LogP contribution in [-0.2, 0) is 0 Å². The van der Waals surface area contributed by atoms with Gasteiger partial charge >= 0.3 is 5.97 Å². The average molecular weight is 258 g/mol. The highest BCUT2D eigenvalue weighted by Gasteiger charge is 2.10. The molecular formula is C14H8ClNO2. The minimum absolute atomic E-state index is 0.203. The van der Waals surface area contributed by atoms with Crippen molar-refractivity contribution in [1.29, 1.82) is 0 Å². The quantitative estimate of drug-likeness (QED) is 0.676. The molecule has 0 bridgehead atoms. The Morgan fingerprint density at radius 2 is 1.94 bits per heavy atom. The van der Waals surface area contributed by atoms with Crippen LogP contribution in [0.2, 0.25) is 5.02 Å². The molecule has 3 aromatic rings. The van der Waals surface area contributed by atoms with E-state index in [-0.39, 0.29) is 5.56 Å². The Kier molecular flexibility index (Phi) is 2.42. The number of carboxylic acids is 1. The predicted octanol–water partition coefficient (Wildman–Crippen LogP) is 3.74. The first kappa shape index (κ1) is 11.0. The fourth-order valence-corrected chi connectivity index (χ4v) is 2.17. The lowest BCUT2D eigenvalue weighted by atomic mass is 10.1. The minimum Gasteiger partial charge on any atom is -0.478 e. The van der Waals surface area contributed by atoms with Gasteiger partial charge in [-0.25, -0.2) is 9.78 Å². The lowest BCUT2D eigenvalue weighted by molar-refractivity contribution is 0.0699. The van der Waals surface area contributed by atoms with Gasteiger partial charge in [0.05, 0.1) is 16.6 Å². The maximum atomic E-state index is 11.2. The molecule has 4 heteroatoms. The summed E-state index contributed by atoms with van der Waals surface area (Å²) in [4.78, 5) is 15.5. The SMILES string of the molecule is O=C(O)c1cccc2cc3ccc(Cl)cc3nc12. The summed E-state index contributed by atoms with van der Waals surface area (Å²) in [5, 5.41) is 11.5. The molecule has 0 aliphatic carbocycles. The predicted molar refractivity (Wildman–Crippen MR) is 71.2 cm³/mol. The Bertz CT molecular complexity index is 783. The van der Waals surface area contributed by atoms with Gasteiger partial charge < -0.3 is 5.11 Å². The van der Waals surface area contributed by atoms with E-state index >= 15 is 0 Å². The van der Waals surface area contributed by atoms with E-state index in [9.17, 15) is 4.79 Å². The van der Waals surface area contributed by atoms with Gasteiger partial charge in [-0.05, 0) is 24.3 Å². The van der Waals surface area contributed by atoms with Crippen molar-refractivity contribution in [3.63, 3.8) is 0 Å². The fourth-order valence-electron chi connectivity index (χ4n) is 2.00. The molecule has 0 aliphatic rings. The van der Waals surface area contributed by atoms with Crippen molar-refractivity contribution in [2.24, 2.45) is 0 Å². The smallest absolute Gasteiger partial charge is 0.337 e. The number of para-hydroxylation sites is 1. The Hall–Kier alpha value is -2.13. The van der Waals surface area contributed by atoms with Crippen LogP contribution in [0, 0.1) is 0 Å². The van der Waals surface area contributed by atoms with Gasteiger partial charge in [-0.15, -0.1) is 0 Å². The Morgan fingerprint density at radius 3 is 2.72 bits per heavy atom. The van der Waals surface area contributed by atoms with Crippen molar-refractivity contribution < 1.29 is 9.90 Å². The normalized spacial score (nSPS) is 10.9. The van der Waals surface area contributed by atoms with Crippen molar-refractivity contribution >= 4 is 39.4 Å². The molecular weight excluding hydrogens is 250 g/mol. The number of benzene rings is 2. The van der Waals surface area contributed by atoms with Gasteiger partial charge in [0.1, 0.15) is 0 Å². The first-order valence-electron chi connectivity index (χ1n) is 5.37. The van der Waals surface area contributed by atoms with Gasteiger partial charge in [0, 0.05) is 15.8 Å². The van der Waals surface area contributed by atoms with E-state index < -0.39 is 5.97 Å². The van der Waals surface area contributed by atoms with Crippen LogP contribution >= 0.6 is 11.6 Å².